The van der Waals surface area contributed by atoms with E-state index in [1.807, 2.05) is 0 Å². The lowest BCUT2D eigenvalue weighted by Gasteiger charge is -2.37. The van der Waals surface area contributed by atoms with Gasteiger partial charge in [0.25, 0.3) is 0 Å². The summed E-state index contributed by atoms with van der Waals surface area (Å²) in [7, 11) is 0. The lowest BCUT2D eigenvalue weighted by molar-refractivity contribution is 0.0551. The van der Waals surface area contributed by atoms with Crippen LogP contribution < -0.4 is 0 Å². The second-order valence-corrected chi connectivity index (χ2v) is 5.51. The quantitative estimate of drug-likeness (QED) is 0.923. The minimum atomic E-state index is -0.196. The number of benzene rings is 2. The second-order valence-electron chi connectivity index (χ2n) is 5.51. The third-order valence-electron chi connectivity index (χ3n) is 4.02. The van der Waals surface area contributed by atoms with E-state index in [-0.39, 0.29) is 12.1 Å². The van der Waals surface area contributed by atoms with Gasteiger partial charge >= 0.3 is 0 Å². The number of likely N-dealkylation sites (tertiary alicyclic amines) is 1. The van der Waals surface area contributed by atoms with E-state index in [1.165, 1.54) is 11.1 Å². The molecule has 2 heteroatoms. The number of hydrogen-bond donors (Lipinski definition) is 1. The standard InChI is InChI=1S/C18H21NO/c20-17-12-7-13-19(14-17)18(15-8-3-1-4-9-15)16-10-5-2-6-11-16/h1-6,8-11,17-18,20H,7,12-14H2. The highest BCUT2D eigenvalue weighted by Gasteiger charge is 2.26. The lowest BCUT2D eigenvalue weighted by Crippen LogP contribution is -2.41. The van der Waals surface area contributed by atoms with Gasteiger partial charge in [-0.3, -0.25) is 4.90 Å². The summed E-state index contributed by atoms with van der Waals surface area (Å²) in [6.07, 6.45) is 1.79. The van der Waals surface area contributed by atoms with Crippen LogP contribution in [0.15, 0.2) is 60.7 Å². The Morgan fingerprint density at radius 1 is 0.900 bits per heavy atom. The molecule has 2 nitrogen and oxygen atoms in total. The van der Waals surface area contributed by atoms with Crippen LogP contribution in [0.1, 0.15) is 30.0 Å². The summed E-state index contributed by atoms with van der Waals surface area (Å²) >= 11 is 0. The molecule has 20 heavy (non-hydrogen) atoms. The molecule has 2 aromatic carbocycles. The fraction of sp³-hybridized carbons (Fsp3) is 0.333. The van der Waals surface area contributed by atoms with Gasteiger partial charge in [-0.1, -0.05) is 60.7 Å². The van der Waals surface area contributed by atoms with E-state index in [0.717, 1.165) is 25.9 Å². The summed E-state index contributed by atoms with van der Waals surface area (Å²) in [5.74, 6) is 0. The highest BCUT2D eigenvalue weighted by molar-refractivity contribution is 5.31. The summed E-state index contributed by atoms with van der Waals surface area (Å²) in [6.45, 7) is 1.81. The highest BCUT2D eigenvalue weighted by atomic mass is 16.3. The SMILES string of the molecule is OC1CCCN(C(c2ccccc2)c2ccccc2)C1. The second kappa shape index (κ2) is 6.21. The van der Waals surface area contributed by atoms with Crippen molar-refractivity contribution in [2.24, 2.45) is 0 Å². The Morgan fingerprint density at radius 2 is 1.45 bits per heavy atom. The third-order valence-corrected chi connectivity index (χ3v) is 4.02. The maximum Gasteiger partial charge on any atom is 0.0667 e. The molecule has 1 saturated heterocycles. The molecule has 104 valence electrons. The Labute approximate surface area is 120 Å². The Hall–Kier alpha value is -1.64. The maximum atomic E-state index is 9.98. The normalized spacial score (nSPS) is 20.2. The Morgan fingerprint density at radius 3 is 1.95 bits per heavy atom. The number of hydrogen-bond acceptors (Lipinski definition) is 2. The van der Waals surface area contributed by atoms with Crippen molar-refractivity contribution in [3.8, 4) is 0 Å². The lowest BCUT2D eigenvalue weighted by atomic mass is 9.94. The molecule has 0 aromatic heterocycles. The van der Waals surface area contributed by atoms with Crippen LogP contribution in [-0.4, -0.2) is 29.2 Å². The molecule has 1 unspecified atom stereocenters. The van der Waals surface area contributed by atoms with Gasteiger partial charge in [-0.2, -0.15) is 0 Å². The first kappa shape index (κ1) is 13.3. The van der Waals surface area contributed by atoms with Crippen molar-refractivity contribution in [3.05, 3.63) is 71.8 Å². The largest absolute Gasteiger partial charge is 0.392 e. The molecule has 1 aliphatic heterocycles. The number of rotatable bonds is 3. The molecule has 1 atom stereocenters. The minimum Gasteiger partial charge on any atom is -0.392 e. The molecule has 1 fully saturated rings. The molecule has 0 saturated carbocycles. The highest BCUT2D eigenvalue weighted by Crippen LogP contribution is 2.30. The van der Waals surface area contributed by atoms with Crippen LogP contribution in [0.25, 0.3) is 0 Å². The van der Waals surface area contributed by atoms with Gasteiger partial charge in [-0.05, 0) is 30.5 Å². The molecule has 0 bridgehead atoms. The summed E-state index contributed by atoms with van der Waals surface area (Å²) in [5, 5.41) is 9.98. The zero-order valence-corrected chi connectivity index (χ0v) is 11.7. The van der Waals surface area contributed by atoms with Gasteiger partial charge in [0, 0.05) is 6.54 Å². The predicted molar refractivity (Wildman–Crippen MR) is 81.5 cm³/mol. The van der Waals surface area contributed by atoms with Gasteiger partial charge in [-0.25, -0.2) is 0 Å². The van der Waals surface area contributed by atoms with Crippen molar-refractivity contribution in [1.29, 1.82) is 0 Å². The minimum absolute atomic E-state index is 0.196. The topological polar surface area (TPSA) is 23.5 Å². The molecule has 1 aliphatic rings. The van der Waals surface area contributed by atoms with Crippen molar-refractivity contribution in [2.75, 3.05) is 13.1 Å². The first-order chi connectivity index (χ1) is 9.84. The van der Waals surface area contributed by atoms with E-state index in [2.05, 4.69) is 65.6 Å². The van der Waals surface area contributed by atoms with Crippen LogP contribution in [0, 0.1) is 0 Å². The van der Waals surface area contributed by atoms with Gasteiger partial charge in [-0.15, -0.1) is 0 Å². The van der Waals surface area contributed by atoms with Crippen LogP contribution in [0.5, 0.6) is 0 Å². The molecule has 1 N–H and O–H groups in total. The van der Waals surface area contributed by atoms with Crippen molar-refractivity contribution in [2.45, 2.75) is 25.0 Å². The zero-order chi connectivity index (χ0) is 13.8. The maximum absolute atomic E-state index is 9.98. The fourth-order valence-corrected chi connectivity index (χ4v) is 3.10. The average molecular weight is 267 g/mol. The van der Waals surface area contributed by atoms with Crippen molar-refractivity contribution < 1.29 is 5.11 Å². The number of aliphatic hydroxyl groups is 1. The monoisotopic (exact) mass is 267 g/mol. The van der Waals surface area contributed by atoms with Crippen molar-refractivity contribution in [3.63, 3.8) is 0 Å². The Balaban J connectivity index is 1.95. The van der Waals surface area contributed by atoms with E-state index >= 15 is 0 Å². The average Bonchev–Trinajstić information content (AvgIpc) is 2.50. The van der Waals surface area contributed by atoms with Crippen LogP contribution in [-0.2, 0) is 0 Å². The molecule has 1 heterocycles. The van der Waals surface area contributed by atoms with E-state index in [1.54, 1.807) is 0 Å². The van der Waals surface area contributed by atoms with E-state index in [0.29, 0.717) is 0 Å². The summed E-state index contributed by atoms with van der Waals surface area (Å²) < 4.78 is 0. The predicted octanol–water partition coefficient (Wildman–Crippen LogP) is 3.23. The van der Waals surface area contributed by atoms with Gasteiger partial charge in [0.1, 0.15) is 0 Å². The van der Waals surface area contributed by atoms with Gasteiger partial charge in [0.2, 0.25) is 0 Å². The molecule has 0 spiro atoms. The van der Waals surface area contributed by atoms with Gasteiger partial charge in [0.05, 0.1) is 12.1 Å². The first-order valence-electron chi connectivity index (χ1n) is 7.36. The number of aliphatic hydroxyl groups excluding tert-OH is 1. The van der Waals surface area contributed by atoms with Crippen molar-refractivity contribution in [1.82, 2.24) is 4.90 Å². The molecular formula is C18H21NO. The number of piperidine rings is 1. The van der Waals surface area contributed by atoms with E-state index in [9.17, 15) is 5.11 Å². The fourth-order valence-electron chi connectivity index (χ4n) is 3.10. The molecule has 3 rings (SSSR count). The summed E-state index contributed by atoms with van der Waals surface area (Å²) in [6, 6.07) is 21.4. The zero-order valence-electron chi connectivity index (χ0n) is 11.7. The Bertz CT molecular complexity index is 486. The number of β-amino-alcohol motifs (C(OH)–C–C–N with tert-alkyl or cyclic N) is 1. The summed E-state index contributed by atoms with van der Waals surface area (Å²) in [4.78, 5) is 2.40. The van der Waals surface area contributed by atoms with Crippen molar-refractivity contribution >= 4 is 0 Å². The van der Waals surface area contributed by atoms with Gasteiger partial charge in [0.15, 0.2) is 0 Å². The van der Waals surface area contributed by atoms with E-state index in [4.69, 9.17) is 0 Å². The molecule has 0 aliphatic carbocycles. The van der Waals surface area contributed by atoms with Crippen LogP contribution in [0.2, 0.25) is 0 Å². The Kier molecular flexibility index (Phi) is 4.14. The van der Waals surface area contributed by atoms with Gasteiger partial charge < -0.3 is 5.11 Å². The van der Waals surface area contributed by atoms with E-state index < -0.39 is 0 Å². The van der Waals surface area contributed by atoms with Crippen LogP contribution in [0.3, 0.4) is 0 Å². The molecule has 2 aromatic rings. The number of nitrogens with zero attached hydrogens (tertiary/aromatic N) is 1. The first-order valence-corrected chi connectivity index (χ1v) is 7.36. The molecule has 0 amide bonds. The molecular weight excluding hydrogens is 246 g/mol. The smallest absolute Gasteiger partial charge is 0.0667 e. The van der Waals surface area contributed by atoms with Crippen LogP contribution >= 0.6 is 0 Å². The molecule has 0 radical (unpaired) electrons. The van der Waals surface area contributed by atoms with Crippen LogP contribution in [0.4, 0.5) is 0 Å². The summed E-state index contributed by atoms with van der Waals surface area (Å²) in [5.41, 5.74) is 2.60. The third kappa shape index (κ3) is 2.92.